The lowest BCUT2D eigenvalue weighted by atomic mass is 10.0. The van der Waals surface area contributed by atoms with Gasteiger partial charge in [0.25, 0.3) is 5.91 Å². The van der Waals surface area contributed by atoms with E-state index >= 15 is 0 Å². The second kappa shape index (κ2) is 6.77. The lowest BCUT2D eigenvalue weighted by molar-refractivity contribution is -0.129. The van der Waals surface area contributed by atoms with E-state index < -0.39 is 0 Å². The lowest BCUT2D eigenvalue weighted by Gasteiger charge is -2.21. The summed E-state index contributed by atoms with van der Waals surface area (Å²) >= 11 is 7.32. The summed E-state index contributed by atoms with van der Waals surface area (Å²) in [4.78, 5) is 32.9. The van der Waals surface area contributed by atoms with Gasteiger partial charge in [0.05, 0.1) is 11.9 Å². The molecule has 1 aromatic carbocycles. The fraction of sp³-hybridized carbons (Fsp3) is 0.389. The molecule has 130 valence electrons. The first-order valence-corrected chi connectivity index (χ1v) is 9.62. The Bertz CT molecular complexity index is 764. The maximum absolute atomic E-state index is 12.5. The van der Waals surface area contributed by atoms with E-state index in [2.05, 4.69) is 4.98 Å². The van der Waals surface area contributed by atoms with Gasteiger partial charge in [-0.2, -0.15) is 0 Å². The molecule has 2 amide bonds. The number of hydrogen-bond acceptors (Lipinski definition) is 4. The maximum Gasteiger partial charge on any atom is 0.273 e. The Hall–Kier alpha value is -1.92. The van der Waals surface area contributed by atoms with Crippen molar-refractivity contribution in [1.82, 2.24) is 14.8 Å². The number of rotatable bonds is 3. The number of likely N-dealkylation sites (tertiary alicyclic amines) is 2. The molecular weight excluding hydrogens is 358 g/mol. The second-order valence-corrected chi connectivity index (χ2v) is 7.86. The highest BCUT2D eigenvalue weighted by Gasteiger charge is 2.43. The zero-order valence-corrected chi connectivity index (χ0v) is 15.2. The minimum absolute atomic E-state index is 0.00897. The van der Waals surface area contributed by atoms with Crippen molar-refractivity contribution in [1.29, 1.82) is 0 Å². The molecule has 2 saturated heterocycles. The minimum atomic E-state index is 0.00897. The first-order chi connectivity index (χ1) is 12.1. The van der Waals surface area contributed by atoms with Crippen LogP contribution in [-0.4, -0.2) is 52.8 Å². The van der Waals surface area contributed by atoms with E-state index in [1.165, 1.54) is 11.3 Å². The van der Waals surface area contributed by atoms with Crippen molar-refractivity contribution in [3.05, 3.63) is 51.4 Å². The van der Waals surface area contributed by atoms with Crippen molar-refractivity contribution in [3.63, 3.8) is 0 Å². The summed E-state index contributed by atoms with van der Waals surface area (Å²) in [6.07, 6.45) is 0.401. The molecule has 25 heavy (non-hydrogen) atoms. The number of aromatic nitrogens is 1. The molecule has 2 unspecified atom stereocenters. The van der Waals surface area contributed by atoms with Gasteiger partial charge in [-0.15, -0.1) is 11.3 Å². The zero-order valence-electron chi connectivity index (χ0n) is 13.6. The van der Waals surface area contributed by atoms with Crippen LogP contribution >= 0.6 is 22.9 Å². The quantitative estimate of drug-likeness (QED) is 0.828. The van der Waals surface area contributed by atoms with Gasteiger partial charge >= 0.3 is 0 Å². The number of amides is 2. The van der Waals surface area contributed by atoms with Gasteiger partial charge in [-0.3, -0.25) is 9.59 Å². The summed E-state index contributed by atoms with van der Waals surface area (Å²) in [6, 6.07) is 7.41. The third-order valence-electron chi connectivity index (χ3n) is 5.05. The van der Waals surface area contributed by atoms with Gasteiger partial charge in [-0.1, -0.05) is 23.7 Å². The first-order valence-electron chi connectivity index (χ1n) is 8.30. The molecular formula is C18H18ClN3O2S. The van der Waals surface area contributed by atoms with Crippen LogP contribution in [0.3, 0.4) is 0 Å². The first kappa shape index (κ1) is 16.5. The number of carbonyl (C=O) groups excluding carboxylic acids is 2. The van der Waals surface area contributed by atoms with Crippen LogP contribution in [0.15, 0.2) is 35.2 Å². The predicted molar refractivity (Wildman–Crippen MR) is 96.7 cm³/mol. The summed E-state index contributed by atoms with van der Waals surface area (Å²) in [7, 11) is 0. The normalized spacial score (nSPS) is 22.3. The van der Waals surface area contributed by atoms with Gasteiger partial charge in [-0.25, -0.2) is 4.98 Å². The number of halogens is 1. The average molecular weight is 376 g/mol. The third-order valence-corrected chi connectivity index (χ3v) is 5.88. The Balaban J connectivity index is 1.33. The number of benzene rings is 1. The molecule has 2 aromatic rings. The molecule has 2 atom stereocenters. The van der Waals surface area contributed by atoms with Gasteiger partial charge in [-0.05, 0) is 17.7 Å². The number of carbonyl (C=O) groups is 2. The van der Waals surface area contributed by atoms with Crippen LogP contribution in [0, 0.1) is 11.8 Å². The molecule has 0 saturated carbocycles. The highest BCUT2D eigenvalue weighted by Crippen LogP contribution is 2.32. The van der Waals surface area contributed by atoms with Crippen LogP contribution in [0.1, 0.15) is 16.1 Å². The monoisotopic (exact) mass is 375 g/mol. The van der Waals surface area contributed by atoms with Crippen molar-refractivity contribution in [2.75, 3.05) is 26.2 Å². The number of nitrogens with zero attached hydrogens (tertiary/aromatic N) is 3. The molecule has 2 fully saturated rings. The van der Waals surface area contributed by atoms with E-state index in [-0.39, 0.29) is 11.8 Å². The van der Waals surface area contributed by atoms with E-state index in [4.69, 9.17) is 11.6 Å². The molecule has 4 rings (SSSR count). The minimum Gasteiger partial charge on any atom is -0.342 e. The largest absolute Gasteiger partial charge is 0.342 e. The fourth-order valence-corrected chi connectivity index (χ4v) is 4.38. The Kier molecular flexibility index (Phi) is 4.48. The van der Waals surface area contributed by atoms with E-state index in [0.29, 0.717) is 42.1 Å². The smallest absolute Gasteiger partial charge is 0.273 e. The summed E-state index contributed by atoms with van der Waals surface area (Å²) in [5.74, 6) is 0.900. The van der Waals surface area contributed by atoms with Gasteiger partial charge in [0.1, 0.15) is 5.69 Å². The number of hydrogen-bond donors (Lipinski definition) is 0. The van der Waals surface area contributed by atoms with E-state index in [0.717, 1.165) is 18.7 Å². The maximum atomic E-state index is 12.5. The summed E-state index contributed by atoms with van der Waals surface area (Å²) < 4.78 is 0. The van der Waals surface area contributed by atoms with Gasteiger partial charge in [0, 0.05) is 48.4 Å². The second-order valence-electron chi connectivity index (χ2n) is 6.71. The Labute approximate surface area is 155 Å². The highest BCUT2D eigenvalue weighted by atomic mass is 35.5. The van der Waals surface area contributed by atoms with Crippen molar-refractivity contribution >= 4 is 34.8 Å². The zero-order chi connectivity index (χ0) is 17.4. The van der Waals surface area contributed by atoms with Crippen molar-refractivity contribution in [2.45, 2.75) is 6.42 Å². The van der Waals surface area contributed by atoms with Crippen LogP contribution in [0.2, 0.25) is 5.02 Å². The predicted octanol–water partition coefficient (Wildman–Crippen LogP) is 2.57. The summed E-state index contributed by atoms with van der Waals surface area (Å²) in [6.45, 7) is 2.90. The van der Waals surface area contributed by atoms with Crippen LogP contribution in [0.25, 0.3) is 0 Å². The highest BCUT2D eigenvalue weighted by molar-refractivity contribution is 7.07. The molecule has 1 aromatic heterocycles. The molecule has 2 aliphatic heterocycles. The Morgan fingerprint density at radius 1 is 1.08 bits per heavy atom. The van der Waals surface area contributed by atoms with Gasteiger partial charge in [0.15, 0.2) is 0 Å². The third kappa shape index (κ3) is 3.41. The average Bonchev–Trinajstić information content (AvgIpc) is 3.32. The molecule has 0 N–H and O–H groups in total. The molecule has 5 nitrogen and oxygen atoms in total. The van der Waals surface area contributed by atoms with Crippen molar-refractivity contribution < 1.29 is 9.59 Å². The lowest BCUT2D eigenvalue weighted by Crippen LogP contribution is -2.36. The summed E-state index contributed by atoms with van der Waals surface area (Å²) in [5, 5.41) is 2.47. The van der Waals surface area contributed by atoms with Crippen molar-refractivity contribution in [2.24, 2.45) is 11.8 Å². The number of fused-ring (bicyclic) bond motifs is 1. The Morgan fingerprint density at radius 3 is 2.32 bits per heavy atom. The Morgan fingerprint density at radius 2 is 1.72 bits per heavy atom. The molecule has 0 aliphatic carbocycles. The molecule has 2 aliphatic rings. The standard InChI is InChI=1S/C18H18ClN3O2S/c19-15-3-1-12(2-4-15)5-17(23)21-6-13-8-22(9-14(13)7-21)18(24)16-10-25-11-20-16/h1-4,10-11,13-14H,5-9H2. The number of thiazole rings is 1. The SMILES string of the molecule is O=C(Cc1ccc(Cl)cc1)N1CC2CN(C(=O)c3cscn3)CC2C1. The van der Waals surface area contributed by atoms with Crippen LogP contribution in [0.5, 0.6) is 0 Å². The van der Waals surface area contributed by atoms with Crippen molar-refractivity contribution in [3.8, 4) is 0 Å². The van der Waals surface area contributed by atoms with E-state index in [9.17, 15) is 9.59 Å². The summed E-state index contributed by atoms with van der Waals surface area (Å²) in [5.41, 5.74) is 3.19. The molecule has 0 spiro atoms. The molecule has 0 bridgehead atoms. The molecule has 7 heteroatoms. The fourth-order valence-electron chi connectivity index (χ4n) is 3.73. The van der Waals surface area contributed by atoms with Crippen LogP contribution < -0.4 is 0 Å². The topological polar surface area (TPSA) is 53.5 Å². The van der Waals surface area contributed by atoms with Crippen LogP contribution in [-0.2, 0) is 11.2 Å². The van der Waals surface area contributed by atoms with Gasteiger partial charge in [0.2, 0.25) is 5.91 Å². The van der Waals surface area contributed by atoms with Crippen LogP contribution in [0.4, 0.5) is 0 Å². The van der Waals surface area contributed by atoms with Gasteiger partial charge < -0.3 is 9.80 Å². The van der Waals surface area contributed by atoms with E-state index in [1.54, 1.807) is 10.9 Å². The molecule has 0 radical (unpaired) electrons. The molecule has 3 heterocycles. The van der Waals surface area contributed by atoms with E-state index in [1.807, 2.05) is 34.1 Å².